The summed E-state index contributed by atoms with van der Waals surface area (Å²) in [5.74, 6) is -0.364. The molecule has 0 atom stereocenters. The van der Waals surface area contributed by atoms with Crippen molar-refractivity contribution in [3.8, 4) is 0 Å². The molecule has 1 aliphatic rings. The predicted molar refractivity (Wildman–Crippen MR) is 75.4 cm³/mol. The first-order chi connectivity index (χ1) is 9.59. The zero-order chi connectivity index (χ0) is 14.8. The zero-order valence-electron chi connectivity index (χ0n) is 12.2. The number of carboxylic acid groups (broad SMARTS) is 1. The van der Waals surface area contributed by atoms with Crippen LogP contribution >= 0.6 is 0 Å². The molecule has 5 nitrogen and oxygen atoms in total. The molecule has 0 unspecified atom stereocenters. The van der Waals surface area contributed by atoms with Crippen molar-refractivity contribution in [1.29, 1.82) is 0 Å². The van der Waals surface area contributed by atoms with E-state index in [1.54, 1.807) is 0 Å². The number of rotatable bonds is 12. The summed E-state index contributed by atoms with van der Waals surface area (Å²) in [6, 6.07) is 0. The maximum atomic E-state index is 11.5. The third-order valence-corrected chi connectivity index (χ3v) is 3.78. The van der Waals surface area contributed by atoms with Gasteiger partial charge in [0.15, 0.2) is 0 Å². The van der Waals surface area contributed by atoms with Gasteiger partial charge in [-0.1, -0.05) is 51.4 Å². The summed E-state index contributed by atoms with van der Waals surface area (Å²) in [7, 11) is 0. The molecule has 1 fully saturated rings. The lowest BCUT2D eigenvalue weighted by Crippen LogP contribution is -2.29. The number of unbranched alkanes of at least 4 members (excludes halogenated alkanes) is 5. The van der Waals surface area contributed by atoms with Crippen molar-refractivity contribution in [2.75, 3.05) is 6.54 Å². The lowest BCUT2D eigenvalue weighted by Gasteiger charge is -2.13. The first-order valence-electron chi connectivity index (χ1n) is 7.80. The van der Waals surface area contributed by atoms with Gasteiger partial charge in [0.2, 0.25) is 5.91 Å². The highest BCUT2D eigenvalue weighted by Crippen LogP contribution is 2.34. The average Bonchev–Trinajstić information content (AvgIpc) is 3.22. The van der Waals surface area contributed by atoms with E-state index < -0.39 is 5.97 Å². The van der Waals surface area contributed by atoms with E-state index >= 15 is 0 Å². The van der Waals surface area contributed by atoms with E-state index in [1.165, 1.54) is 38.5 Å². The monoisotopic (exact) mass is 285 g/mol. The molecule has 0 saturated heterocycles. The maximum Gasteiger partial charge on any atom is 0.305 e. The number of carbonyl (C=O) groups is 2. The lowest BCUT2D eigenvalue weighted by atomic mass is 10.1. The zero-order valence-corrected chi connectivity index (χ0v) is 12.2. The normalized spacial score (nSPS) is 14.2. The van der Waals surface area contributed by atoms with Crippen molar-refractivity contribution < 1.29 is 19.9 Å². The van der Waals surface area contributed by atoms with Gasteiger partial charge in [0.05, 0.1) is 13.0 Å². The van der Waals surface area contributed by atoms with Gasteiger partial charge in [-0.25, -0.2) is 5.06 Å². The summed E-state index contributed by atoms with van der Waals surface area (Å²) >= 11 is 0. The summed E-state index contributed by atoms with van der Waals surface area (Å²) in [4.78, 5) is 21.8. The number of hydrogen-bond acceptors (Lipinski definition) is 3. The molecular weight excluding hydrogens is 258 g/mol. The van der Waals surface area contributed by atoms with Crippen molar-refractivity contribution in [2.24, 2.45) is 5.92 Å². The Kier molecular flexibility index (Phi) is 8.26. The molecule has 0 radical (unpaired) electrons. The van der Waals surface area contributed by atoms with Crippen LogP contribution in [0.2, 0.25) is 0 Å². The van der Waals surface area contributed by atoms with Crippen LogP contribution in [0.15, 0.2) is 0 Å². The molecule has 0 heterocycles. The summed E-state index contributed by atoms with van der Waals surface area (Å²) in [5, 5.41) is 18.3. The van der Waals surface area contributed by atoms with Gasteiger partial charge < -0.3 is 5.11 Å². The number of hydrogen-bond donors (Lipinski definition) is 2. The molecule has 1 aliphatic carbocycles. The minimum Gasteiger partial charge on any atom is -0.481 e. The fourth-order valence-electron chi connectivity index (χ4n) is 2.28. The van der Waals surface area contributed by atoms with Crippen LogP contribution in [0.4, 0.5) is 0 Å². The number of nitrogens with zero attached hydrogens (tertiary/aromatic N) is 1. The third kappa shape index (κ3) is 8.91. The van der Waals surface area contributed by atoms with Crippen LogP contribution < -0.4 is 0 Å². The molecule has 1 amide bonds. The molecule has 0 spiro atoms. The Morgan fingerprint density at radius 2 is 1.55 bits per heavy atom. The molecule has 0 aliphatic heterocycles. The molecule has 0 aromatic rings. The van der Waals surface area contributed by atoms with Gasteiger partial charge in [-0.2, -0.15) is 0 Å². The van der Waals surface area contributed by atoms with E-state index in [2.05, 4.69) is 0 Å². The Morgan fingerprint density at radius 3 is 2.15 bits per heavy atom. The molecule has 116 valence electrons. The fraction of sp³-hybridized carbons (Fsp3) is 0.867. The smallest absolute Gasteiger partial charge is 0.305 e. The minimum atomic E-state index is -1.01. The highest BCUT2D eigenvalue weighted by atomic mass is 16.5. The summed E-state index contributed by atoms with van der Waals surface area (Å²) < 4.78 is 0. The van der Waals surface area contributed by atoms with E-state index in [-0.39, 0.29) is 18.9 Å². The second-order valence-electron chi connectivity index (χ2n) is 5.76. The number of hydroxylamine groups is 2. The van der Waals surface area contributed by atoms with Crippen molar-refractivity contribution in [1.82, 2.24) is 5.06 Å². The van der Waals surface area contributed by atoms with Crippen molar-refractivity contribution in [3.63, 3.8) is 0 Å². The largest absolute Gasteiger partial charge is 0.481 e. The highest BCUT2D eigenvalue weighted by molar-refractivity contribution is 5.75. The molecule has 0 bridgehead atoms. The average molecular weight is 285 g/mol. The Labute approximate surface area is 120 Å². The van der Waals surface area contributed by atoms with Gasteiger partial charge in [0, 0.05) is 6.42 Å². The van der Waals surface area contributed by atoms with Crippen molar-refractivity contribution in [3.05, 3.63) is 0 Å². The molecule has 1 rings (SSSR count). The number of carboxylic acids is 1. The van der Waals surface area contributed by atoms with Crippen LogP contribution in [0.5, 0.6) is 0 Å². The van der Waals surface area contributed by atoms with Gasteiger partial charge >= 0.3 is 5.97 Å². The van der Waals surface area contributed by atoms with E-state index in [1.807, 2.05) is 0 Å². The molecule has 20 heavy (non-hydrogen) atoms. The van der Waals surface area contributed by atoms with E-state index in [0.717, 1.165) is 25.2 Å². The third-order valence-electron chi connectivity index (χ3n) is 3.78. The standard InChI is InChI=1S/C15H27NO4/c17-14(16(20)12-11-15(18)19)8-6-4-2-1-3-5-7-13-9-10-13/h13,20H,1-12H2,(H,18,19). The van der Waals surface area contributed by atoms with Crippen LogP contribution in [0.1, 0.15) is 70.6 Å². The highest BCUT2D eigenvalue weighted by Gasteiger charge is 2.19. The number of carbonyl (C=O) groups excluding carboxylic acids is 1. The topological polar surface area (TPSA) is 77.8 Å². The van der Waals surface area contributed by atoms with Crippen molar-refractivity contribution >= 4 is 11.9 Å². The lowest BCUT2D eigenvalue weighted by molar-refractivity contribution is -0.167. The van der Waals surface area contributed by atoms with E-state index in [9.17, 15) is 14.8 Å². The van der Waals surface area contributed by atoms with Crippen molar-refractivity contribution in [2.45, 2.75) is 70.6 Å². The molecule has 1 saturated carbocycles. The van der Waals surface area contributed by atoms with Crippen LogP contribution in [0.3, 0.4) is 0 Å². The van der Waals surface area contributed by atoms with Gasteiger partial charge in [-0.15, -0.1) is 0 Å². The Morgan fingerprint density at radius 1 is 0.950 bits per heavy atom. The predicted octanol–water partition coefficient (Wildman–Crippen LogP) is 3.21. The van der Waals surface area contributed by atoms with Crippen LogP contribution in [0, 0.1) is 5.92 Å². The summed E-state index contributed by atoms with van der Waals surface area (Å²) in [5.41, 5.74) is 0. The summed E-state index contributed by atoms with van der Waals surface area (Å²) in [6.07, 6.45) is 11.1. The Hall–Kier alpha value is -1.10. The first-order valence-corrected chi connectivity index (χ1v) is 7.80. The quantitative estimate of drug-likeness (QED) is 0.328. The molecular formula is C15H27NO4. The number of aliphatic carboxylic acids is 1. The van der Waals surface area contributed by atoms with E-state index in [0.29, 0.717) is 11.5 Å². The van der Waals surface area contributed by atoms with Gasteiger partial charge in [-0.3, -0.25) is 14.8 Å². The van der Waals surface area contributed by atoms with Crippen LogP contribution in [-0.2, 0) is 9.59 Å². The second-order valence-corrected chi connectivity index (χ2v) is 5.76. The number of amides is 1. The molecule has 5 heteroatoms. The van der Waals surface area contributed by atoms with Gasteiger partial charge in [-0.05, 0) is 12.3 Å². The van der Waals surface area contributed by atoms with Crippen LogP contribution in [0.25, 0.3) is 0 Å². The van der Waals surface area contributed by atoms with Gasteiger partial charge in [0.1, 0.15) is 0 Å². The second kappa shape index (κ2) is 9.75. The Balaban J connectivity index is 1.86. The molecule has 0 aromatic heterocycles. The fourth-order valence-corrected chi connectivity index (χ4v) is 2.28. The summed E-state index contributed by atoms with van der Waals surface area (Å²) in [6.45, 7) is -0.130. The molecule has 0 aromatic carbocycles. The first kappa shape index (κ1) is 17.0. The van der Waals surface area contributed by atoms with E-state index in [4.69, 9.17) is 5.11 Å². The SMILES string of the molecule is O=C(O)CCN(O)C(=O)CCCCCCCCC1CC1. The van der Waals surface area contributed by atoms with Crippen LogP contribution in [-0.4, -0.2) is 33.8 Å². The Bertz CT molecular complexity index is 302. The maximum absolute atomic E-state index is 11.5. The minimum absolute atomic E-state index is 0.130. The molecule has 2 N–H and O–H groups in total. The van der Waals surface area contributed by atoms with Gasteiger partial charge in [0.25, 0.3) is 0 Å².